The molecule has 0 fully saturated rings. The van der Waals surface area contributed by atoms with Crippen LogP contribution in [0, 0.1) is 6.92 Å². The van der Waals surface area contributed by atoms with E-state index in [0.717, 1.165) is 0 Å². The van der Waals surface area contributed by atoms with Gasteiger partial charge in [-0.3, -0.25) is 0 Å². The van der Waals surface area contributed by atoms with Crippen LogP contribution in [-0.4, -0.2) is 20.1 Å². The highest BCUT2D eigenvalue weighted by Crippen LogP contribution is 2.27. The van der Waals surface area contributed by atoms with Crippen LogP contribution in [0.1, 0.15) is 5.76 Å². The summed E-state index contributed by atoms with van der Waals surface area (Å²) in [6.45, 7) is 1.79. The second kappa shape index (κ2) is 5.86. The number of nitrogens with zero attached hydrogens (tertiary/aromatic N) is 4. The highest BCUT2D eigenvalue weighted by molar-refractivity contribution is 6.30. The average Bonchev–Trinajstić information content (AvgIpc) is 2.91. The van der Waals surface area contributed by atoms with Crippen LogP contribution in [0.5, 0.6) is 0 Å². The van der Waals surface area contributed by atoms with Gasteiger partial charge in [0, 0.05) is 12.3 Å². The zero-order chi connectivity index (χ0) is 15.5. The molecule has 0 radical (unpaired) electrons. The van der Waals surface area contributed by atoms with Crippen molar-refractivity contribution in [2.75, 3.05) is 16.4 Å². The van der Waals surface area contributed by atoms with Crippen LogP contribution >= 0.6 is 11.6 Å². The Balaban J connectivity index is 1.83. The van der Waals surface area contributed by atoms with Gasteiger partial charge in [-0.25, -0.2) is 15.0 Å². The molecule has 0 saturated heterocycles. The van der Waals surface area contributed by atoms with E-state index < -0.39 is 0 Å². The molecule has 4 N–H and O–H groups in total. The number of halogens is 1. The lowest BCUT2D eigenvalue weighted by molar-refractivity contribution is 0.400. The third-order valence-electron chi connectivity index (χ3n) is 2.73. The van der Waals surface area contributed by atoms with Crippen molar-refractivity contribution in [2.24, 2.45) is 0 Å². The van der Waals surface area contributed by atoms with Gasteiger partial charge in [-0.1, -0.05) is 16.8 Å². The maximum atomic E-state index is 6.05. The predicted molar refractivity (Wildman–Crippen MR) is 83.5 cm³/mol. The molecule has 0 aromatic carbocycles. The van der Waals surface area contributed by atoms with Crippen molar-refractivity contribution < 1.29 is 4.52 Å². The fourth-order valence-corrected chi connectivity index (χ4v) is 1.82. The predicted octanol–water partition coefficient (Wildman–Crippen LogP) is 2.89. The minimum Gasteiger partial charge on any atom is -0.393 e. The topological polar surface area (TPSA) is 115 Å². The Hall–Kier alpha value is -2.87. The number of aromatic nitrogens is 4. The SMILES string of the molecule is Cc1cc(Nc2ncnc(Nc3ccc(Cl)cn3)c2N)no1. The van der Waals surface area contributed by atoms with Crippen molar-refractivity contribution in [1.82, 2.24) is 20.1 Å². The Kier molecular flexibility index (Phi) is 3.75. The number of nitrogens with two attached hydrogens (primary N) is 1. The van der Waals surface area contributed by atoms with E-state index in [1.165, 1.54) is 12.5 Å². The molecule has 0 aliphatic heterocycles. The van der Waals surface area contributed by atoms with Gasteiger partial charge in [-0.05, 0) is 19.1 Å². The molecule has 0 atom stereocenters. The maximum Gasteiger partial charge on any atom is 0.175 e. The smallest absolute Gasteiger partial charge is 0.175 e. The van der Waals surface area contributed by atoms with Crippen molar-refractivity contribution >= 4 is 40.6 Å². The minimum atomic E-state index is 0.333. The third-order valence-corrected chi connectivity index (χ3v) is 2.96. The summed E-state index contributed by atoms with van der Waals surface area (Å²) in [4.78, 5) is 12.3. The summed E-state index contributed by atoms with van der Waals surface area (Å²) < 4.78 is 4.98. The Labute approximate surface area is 130 Å². The number of aryl methyl sites for hydroxylation is 1. The van der Waals surface area contributed by atoms with E-state index in [-0.39, 0.29) is 0 Å². The number of anilines is 5. The monoisotopic (exact) mass is 317 g/mol. The molecule has 0 spiro atoms. The largest absolute Gasteiger partial charge is 0.393 e. The summed E-state index contributed by atoms with van der Waals surface area (Å²) in [5.74, 6) is 2.60. The molecule has 9 heteroatoms. The molecule has 0 aliphatic carbocycles. The van der Waals surface area contributed by atoms with Gasteiger partial charge >= 0.3 is 0 Å². The van der Waals surface area contributed by atoms with Gasteiger partial charge in [0.1, 0.15) is 23.6 Å². The van der Waals surface area contributed by atoms with Gasteiger partial charge in [0.25, 0.3) is 0 Å². The first-order chi connectivity index (χ1) is 10.6. The molecule has 0 bridgehead atoms. The molecule has 0 aliphatic rings. The molecule has 3 aromatic heterocycles. The van der Waals surface area contributed by atoms with Crippen molar-refractivity contribution in [1.29, 1.82) is 0 Å². The van der Waals surface area contributed by atoms with E-state index in [1.807, 2.05) is 0 Å². The van der Waals surface area contributed by atoms with Crippen LogP contribution in [0.25, 0.3) is 0 Å². The Bertz CT molecular complexity index is 787. The average molecular weight is 318 g/mol. The molecule has 3 rings (SSSR count). The summed E-state index contributed by atoms with van der Waals surface area (Å²) in [6.07, 6.45) is 2.91. The quantitative estimate of drug-likeness (QED) is 0.672. The van der Waals surface area contributed by atoms with Crippen LogP contribution in [0.15, 0.2) is 35.2 Å². The van der Waals surface area contributed by atoms with Gasteiger partial charge in [0.2, 0.25) is 0 Å². The second-order valence-corrected chi connectivity index (χ2v) is 4.86. The Morgan fingerprint density at radius 2 is 1.82 bits per heavy atom. The second-order valence-electron chi connectivity index (χ2n) is 4.42. The lowest BCUT2D eigenvalue weighted by Crippen LogP contribution is -2.05. The van der Waals surface area contributed by atoms with E-state index >= 15 is 0 Å². The molecular weight excluding hydrogens is 306 g/mol. The lowest BCUT2D eigenvalue weighted by atomic mass is 10.4. The van der Waals surface area contributed by atoms with E-state index in [4.69, 9.17) is 21.9 Å². The van der Waals surface area contributed by atoms with Gasteiger partial charge < -0.3 is 20.9 Å². The van der Waals surface area contributed by atoms with Crippen molar-refractivity contribution in [3.8, 4) is 0 Å². The molecule has 3 heterocycles. The molecule has 22 heavy (non-hydrogen) atoms. The van der Waals surface area contributed by atoms with Crippen molar-refractivity contribution in [2.45, 2.75) is 6.92 Å². The number of nitrogen functional groups attached to an aromatic ring is 1. The molecule has 8 nitrogen and oxygen atoms in total. The number of rotatable bonds is 4. The maximum absolute atomic E-state index is 6.05. The zero-order valence-corrected chi connectivity index (χ0v) is 12.3. The van der Waals surface area contributed by atoms with Crippen LogP contribution in [-0.2, 0) is 0 Å². The van der Waals surface area contributed by atoms with Crippen LogP contribution in [0.3, 0.4) is 0 Å². The Morgan fingerprint density at radius 1 is 1.09 bits per heavy atom. The van der Waals surface area contributed by atoms with Crippen LogP contribution in [0.4, 0.5) is 29.0 Å². The summed E-state index contributed by atoms with van der Waals surface area (Å²) in [5.41, 5.74) is 6.39. The van der Waals surface area contributed by atoms with Gasteiger partial charge in [0.15, 0.2) is 17.5 Å². The van der Waals surface area contributed by atoms with Gasteiger partial charge in [-0.15, -0.1) is 0 Å². The van der Waals surface area contributed by atoms with E-state index in [2.05, 4.69) is 30.7 Å². The first-order valence-electron chi connectivity index (χ1n) is 6.31. The highest BCUT2D eigenvalue weighted by Gasteiger charge is 2.10. The fourth-order valence-electron chi connectivity index (χ4n) is 1.71. The highest BCUT2D eigenvalue weighted by atomic mass is 35.5. The van der Waals surface area contributed by atoms with E-state index in [0.29, 0.717) is 39.7 Å². The fraction of sp³-hybridized carbons (Fsp3) is 0.0769. The molecule has 0 unspecified atom stereocenters. The minimum absolute atomic E-state index is 0.333. The molecule has 3 aromatic rings. The summed E-state index contributed by atoms with van der Waals surface area (Å²) in [7, 11) is 0. The molecular formula is C13H12ClN7O. The first kappa shape index (κ1) is 14.1. The summed E-state index contributed by atoms with van der Waals surface area (Å²) in [5, 5.41) is 10.3. The zero-order valence-electron chi connectivity index (χ0n) is 11.5. The van der Waals surface area contributed by atoms with E-state index in [9.17, 15) is 0 Å². The standard InChI is InChI=1S/C13H12ClN7O/c1-7-4-10(21-22-7)20-13-11(15)12(17-6-18-13)19-9-3-2-8(14)5-16-9/h2-6H,15H2,1H3,(H2,16,17,18,19,20,21). The van der Waals surface area contributed by atoms with Crippen molar-refractivity contribution in [3.05, 3.63) is 41.5 Å². The summed E-state index contributed by atoms with van der Waals surface area (Å²) >= 11 is 5.80. The molecule has 0 saturated carbocycles. The number of hydrogen-bond donors (Lipinski definition) is 3. The number of nitrogens with one attached hydrogen (secondary N) is 2. The summed E-state index contributed by atoms with van der Waals surface area (Å²) in [6, 6.07) is 5.17. The first-order valence-corrected chi connectivity index (χ1v) is 6.69. The van der Waals surface area contributed by atoms with Gasteiger partial charge in [0.05, 0.1) is 5.02 Å². The molecule has 112 valence electrons. The van der Waals surface area contributed by atoms with Crippen LogP contribution in [0.2, 0.25) is 5.02 Å². The normalized spacial score (nSPS) is 10.5. The van der Waals surface area contributed by atoms with Crippen LogP contribution < -0.4 is 16.4 Å². The van der Waals surface area contributed by atoms with Gasteiger partial charge in [-0.2, -0.15) is 0 Å². The van der Waals surface area contributed by atoms with E-state index in [1.54, 1.807) is 25.1 Å². The Morgan fingerprint density at radius 3 is 2.41 bits per heavy atom. The third kappa shape index (κ3) is 3.07. The number of pyridine rings is 1. The van der Waals surface area contributed by atoms with Crippen molar-refractivity contribution in [3.63, 3.8) is 0 Å². The molecule has 0 amide bonds. The lowest BCUT2D eigenvalue weighted by Gasteiger charge is -2.10. The number of hydrogen-bond acceptors (Lipinski definition) is 8.